The second-order valence-electron chi connectivity index (χ2n) is 6.96. The summed E-state index contributed by atoms with van der Waals surface area (Å²) in [7, 11) is 0. The maximum Gasteiger partial charge on any atom is 0.258 e. The second-order valence-corrected chi connectivity index (χ2v) is 6.96. The molecule has 124 valence electrons. The SMILES string of the molecule is O=C(CNC(=O)C1(F)CC(F)(F)C1)N1CC2CCCCC2C1. The molecular formula is C15H21F3N2O2. The van der Waals surface area contributed by atoms with Crippen LogP contribution >= 0.6 is 0 Å². The number of halogens is 3. The van der Waals surface area contributed by atoms with Crippen molar-refractivity contribution in [2.45, 2.75) is 50.1 Å². The van der Waals surface area contributed by atoms with E-state index in [2.05, 4.69) is 5.32 Å². The Morgan fingerprint density at radius 2 is 1.59 bits per heavy atom. The lowest BCUT2D eigenvalue weighted by molar-refractivity contribution is -0.184. The highest BCUT2D eigenvalue weighted by atomic mass is 19.3. The molecule has 3 fully saturated rings. The van der Waals surface area contributed by atoms with Gasteiger partial charge in [0.2, 0.25) is 5.91 Å². The van der Waals surface area contributed by atoms with E-state index in [1.54, 1.807) is 4.90 Å². The molecule has 2 aliphatic carbocycles. The fourth-order valence-electron chi connectivity index (χ4n) is 3.96. The molecule has 3 rings (SSSR count). The Kier molecular flexibility index (Phi) is 3.85. The predicted octanol–water partition coefficient (Wildman–Crippen LogP) is 1.89. The number of hydrogen-bond acceptors (Lipinski definition) is 2. The van der Waals surface area contributed by atoms with E-state index in [1.807, 2.05) is 0 Å². The van der Waals surface area contributed by atoms with Crippen LogP contribution in [0.15, 0.2) is 0 Å². The van der Waals surface area contributed by atoms with Gasteiger partial charge in [-0.25, -0.2) is 13.2 Å². The summed E-state index contributed by atoms with van der Waals surface area (Å²) in [6.45, 7) is 1.08. The lowest BCUT2D eigenvalue weighted by Crippen LogP contribution is -2.58. The number of carbonyl (C=O) groups excluding carboxylic acids is 2. The van der Waals surface area contributed by atoms with Gasteiger partial charge in [0, 0.05) is 13.1 Å². The molecule has 1 heterocycles. The number of nitrogens with zero attached hydrogens (tertiary/aromatic N) is 1. The van der Waals surface area contributed by atoms with Gasteiger partial charge in [0.25, 0.3) is 11.8 Å². The molecule has 3 aliphatic rings. The van der Waals surface area contributed by atoms with E-state index in [9.17, 15) is 22.8 Å². The van der Waals surface area contributed by atoms with E-state index < -0.39 is 30.3 Å². The van der Waals surface area contributed by atoms with Crippen molar-refractivity contribution >= 4 is 11.8 Å². The van der Waals surface area contributed by atoms with Gasteiger partial charge in [0.15, 0.2) is 5.67 Å². The number of alkyl halides is 3. The van der Waals surface area contributed by atoms with Crippen LogP contribution in [0, 0.1) is 11.8 Å². The Balaban J connectivity index is 1.46. The number of likely N-dealkylation sites (tertiary alicyclic amines) is 1. The van der Waals surface area contributed by atoms with Crippen LogP contribution in [0.5, 0.6) is 0 Å². The first kappa shape index (κ1) is 15.6. The smallest absolute Gasteiger partial charge is 0.258 e. The summed E-state index contributed by atoms with van der Waals surface area (Å²) in [6.07, 6.45) is 2.46. The van der Waals surface area contributed by atoms with Crippen molar-refractivity contribution in [1.82, 2.24) is 10.2 Å². The molecule has 22 heavy (non-hydrogen) atoms. The summed E-state index contributed by atoms with van der Waals surface area (Å²) < 4.78 is 39.3. The highest BCUT2D eigenvalue weighted by molar-refractivity contribution is 5.90. The fourth-order valence-corrected chi connectivity index (χ4v) is 3.96. The third kappa shape index (κ3) is 2.94. The van der Waals surface area contributed by atoms with E-state index in [1.165, 1.54) is 12.8 Å². The van der Waals surface area contributed by atoms with Gasteiger partial charge in [0.05, 0.1) is 19.4 Å². The quantitative estimate of drug-likeness (QED) is 0.864. The van der Waals surface area contributed by atoms with Crippen molar-refractivity contribution < 1.29 is 22.8 Å². The third-order valence-electron chi connectivity index (χ3n) is 5.21. The number of carbonyl (C=O) groups is 2. The topological polar surface area (TPSA) is 49.4 Å². The number of nitrogens with one attached hydrogen (secondary N) is 1. The molecule has 7 heteroatoms. The minimum absolute atomic E-state index is 0.252. The summed E-state index contributed by atoms with van der Waals surface area (Å²) in [4.78, 5) is 25.4. The highest BCUT2D eigenvalue weighted by Gasteiger charge is 2.62. The maximum absolute atomic E-state index is 13.8. The van der Waals surface area contributed by atoms with Gasteiger partial charge in [-0.15, -0.1) is 0 Å². The minimum Gasteiger partial charge on any atom is -0.344 e. The monoisotopic (exact) mass is 318 g/mol. The first-order chi connectivity index (χ1) is 10.3. The molecule has 0 radical (unpaired) electrons. The van der Waals surface area contributed by atoms with Crippen LogP contribution in [0.2, 0.25) is 0 Å². The molecule has 0 aromatic heterocycles. The minimum atomic E-state index is -3.11. The van der Waals surface area contributed by atoms with Crippen LogP contribution in [0.3, 0.4) is 0 Å². The summed E-state index contributed by atoms with van der Waals surface area (Å²) >= 11 is 0. The van der Waals surface area contributed by atoms with E-state index >= 15 is 0 Å². The zero-order valence-corrected chi connectivity index (χ0v) is 12.4. The van der Waals surface area contributed by atoms with Crippen LogP contribution in [-0.4, -0.2) is 47.9 Å². The van der Waals surface area contributed by atoms with Crippen molar-refractivity contribution in [2.24, 2.45) is 11.8 Å². The lowest BCUT2D eigenvalue weighted by atomic mass is 9.77. The normalized spacial score (nSPS) is 32.0. The van der Waals surface area contributed by atoms with Crippen molar-refractivity contribution in [2.75, 3.05) is 19.6 Å². The van der Waals surface area contributed by atoms with Gasteiger partial charge < -0.3 is 10.2 Å². The maximum atomic E-state index is 13.8. The van der Waals surface area contributed by atoms with Crippen LogP contribution in [0.4, 0.5) is 13.2 Å². The molecule has 0 aromatic carbocycles. The molecule has 4 nitrogen and oxygen atoms in total. The van der Waals surface area contributed by atoms with Crippen molar-refractivity contribution in [3.05, 3.63) is 0 Å². The van der Waals surface area contributed by atoms with Crippen LogP contribution in [0.1, 0.15) is 38.5 Å². The van der Waals surface area contributed by atoms with Crippen molar-refractivity contribution in [3.63, 3.8) is 0 Å². The molecule has 1 saturated heterocycles. The van der Waals surface area contributed by atoms with Gasteiger partial charge in [-0.1, -0.05) is 12.8 Å². The fraction of sp³-hybridized carbons (Fsp3) is 0.867. The van der Waals surface area contributed by atoms with Gasteiger partial charge in [-0.05, 0) is 24.7 Å². The lowest BCUT2D eigenvalue weighted by Gasteiger charge is -2.39. The second kappa shape index (κ2) is 5.42. The first-order valence-electron chi connectivity index (χ1n) is 7.92. The Morgan fingerprint density at radius 1 is 1.05 bits per heavy atom. The summed E-state index contributed by atoms with van der Waals surface area (Å²) in [5, 5.41) is 2.18. The molecule has 1 N–H and O–H groups in total. The largest absolute Gasteiger partial charge is 0.344 e. The Hall–Kier alpha value is -1.27. The van der Waals surface area contributed by atoms with Gasteiger partial charge in [-0.2, -0.15) is 0 Å². The molecular weight excluding hydrogens is 297 g/mol. The Bertz CT molecular complexity index is 461. The summed E-state index contributed by atoms with van der Waals surface area (Å²) in [6, 6.07) is 0. The van der Waals surface area contributed by atoms with Crippen LogP contribution in [0.25, 0.3) is 0 Å². The highest BCUT2D eigenvalue weighted by Crippen LogP contribution is 2.48. The molecule has 2 saturated carbocycles. The number of rotatable bonds is 3. The number of amides is 2. The Labute approximate surface area is 127 Å². The zero-order valence-electron chi connectivity index (χ0n) is 12.4. The van der Waals surface area contributed by atoms with Gasteiger partial charge in [0.1, 0.15) is 0 Å². The van der Waals surface area contributed by atoms with Crippen LogP contribution < -0.4 is 5.32 Å². The molecule has 2 amide bonds. The van der Waals surface area contributed by atoms with Gasteiger partial charge >= 0.3 is 0 Å². The Morgan fingerprint density at radius 3 is 2.09 bits per heavy atom. The van der Waals surface area contributed by atoms with E-state index in [0.29, 0.717) is 24.9 Å². The average molecular weight is 318 g/mol. The third-order valence-corrected chi connectivity index (χ3v) is 5.21. The zero-order chi connectivity index (χ0) is 16.0. The predicted molar refractivity (Wildman–Crippen MR) is 73.1 cm³/mol. The van der Waals surface area contributed by atoms with Crippen molar-refractivity contribution in [1.29, 1.82) is 0 Å². The van der Waals surface area contributed by atoms with E-state index in [-0.39, 0.29) is 12.5 Å². The molecule has 0 aromatic rings. The molecule has 2 atom stereocenters. The van der Waals surface area contributed by atoms with Crippen LogP contribution in [-0.2, 0) is 9.59 Å². The molecule has 0 spiro atoms. The average Bonchev–Trinajstić information content (AvgIpc) is 2.86. The number of fused-ring (bicyclic) bond motifs is 1. The molecule has 1 aliphatic heterocycles. The van der Waals surface area contributed by atoms with E-state index in [4.69, 9.17) is 0 Å². The molecule has 0 bridgehead atoms. The molecule has 2 unspecified atom stereocenters. The number of hydrogen-bond donors (Lipinski definition) is 1. The summed E-state index contributed by atoms with van der Waals surface area (Å²) in [5.74, 6) is -3.39. The standard InChI is InChI=1S/C15H21F3N2O2/c16-14(8-15(17,18)9-14)13(22)19-5-12(21)20-6-10-3-1-2-4-11(10)7-20/h10-11H,1-9H2,(H,19,22). The van der Waals surface area contributed by atoms with E-state index in [0.717, 1.165) is 12.8 Å². The first-order valence-corrected chi connectivity index (χ1v) is 7.92. The summed E-state index contributed by atoms with van der Waals surface area (Å²) in [5.41, 5.74) is -2.53. The van der Waals surface area contributed by atoms with Gasteiger partial charge in [-0.3, -0.25) is 9.59 Å². The van der Waals surface area contributed by atoms with Crippen molar-refractivity contribution in [3.8, 4) is 0 Å².